The van der Waals surface area contributed by atoms with Gasteiger partial charge in [-0.1, -0.05) is 78.7 Å². The SMILES string of the molecule is CCC(c1ccccc1OS(=O)(=O)c1ccc(C)cc1)c1ccccc1OS(=O)(=O)c1ccc(C)cc1. The van der Waals surface area contributed by atoms with Crippen LogP contribution in [0.3, 0.4) is 0 Å². The van der Waals surface area contributed by atoms with Crippen molar-refractivity contribution in [3.63, 3.8) is 0 Å². The summed E-state index contributed by atoms with van der Waals surface area (Å²) >= 11 is 0. The van der Waals surface area contributed by atoms with Crippen molar-refractivity contribution in [1.82, 2.24) is 0 Å². The first-order valence-corrected chi connectivity index (χ1v) is 14.6. The molecule has 0 saturated carbocycles. The molecule has 4 aromatic carbocycles. The highest BCUT2D eigenvalue weighted by Gasteiger charge is 2.26. The third kappa shape index (κ3) is 6.03. The molecule has 0 aliphatic carbocycles. The lowest BCUT2D eigenvalue weighted by Gasteiger charge is -2.22. The summed E-state index contributed by atoms with van der Waals surface area (Å²) < 4.78 is 63.3. The average molecular weight is 537 g/mol. The fourth-order valence-electron chi connectivity index (χ4n) is 4.04. The lowest BCUT2D eigenvalue weighted by Crippen LogP contribution is -2.14. The van der Waals surface area contributed by atoms with E-state index in [1.165, 1.54) is 24.3 Å². The Balaban J connectivity index is 1.71. The Hall–Kier alpha value is -3.62. The van der Waals surface area contributed by atoms with Crippen molar-refractivity contribution in [2.45, 2.75) is 42.9 Å². The van der Waals surface area contributed by atoms with Gasteiger partial charge >= 0.3 is 20.2 Å². The number of rotatable bonds is 9. The van der Waals surface area contributed by atoms with Crippen LogP contribution in [-0.4, -0.2) is 16.8 Å². The first kappa shape index (κ1) is 26.4. The minimum atomic E-state index is -4.08. The molecule has 0 heterocycles. The van der Waals surface area contributed by atoms with Gasteiger partial charge in [0.05, 0.1) is 0 Å². The van der Waals surface area contributed by atoms with Gasteiger partial charge < -0.3 is 8.37 Å². The Morgan fingerprint density at radius 1 is 0.568 bits per heavy atom. The summed E-state index contributed by atoms with van der Waals surface area (Å²) in [4.78, 5) is 0.0998. The van der Waals surface area contributed by atoms with Crippen LogP contribution < -0.4 is 8.37 Å². The average Bonchev–Trinajstić information content (AvgIpc) is 2.86. The summed E-state index contributed by atoms with van der Waals surface area (Å²) in [5.41, 5.74) is 3.07. The Kier molecular flexibility index (Phi) is 7.71. The quantitative estimate of drug-likeness (QED) is 0.231. The van der Waals surface area contributed by atoms with Crippen molar-refractivity contribution in [3.05, 3.63) is 119 Å². The topological polar surface area (TPSA) is 86.7 Å². The molecule has 0 bridgehead atoms. The number of aryl methyl sites for hydroxylation is 2. The maximum Gasteiger partial charge on any atom is 0.339 e. The van der Waals surface area contributed by atoms with Crippen molar-refractivity contribution in [3.8, 4) is 11.5 Å². The lowest BCUT2D eigenvalue weighted by molar-refractivity contribution is 0.476. The van der Waals surface area contributed by atoms with Crippen LogP contribution >= 0.6 is 0 Å². The van der Waals surface area contributed by atoms with Crippen LogP contribution in [0.5, 0.6) is 11.5 Å². The third-order valence-electron chi connectivity index (χ3n) is 6.02. The number of benzene rings is 4. The molecule has 0 fully saturated rings. The van der Waals surface area contributed by atoms with E-state index in [4.69, 9.17) is 8.37 Å². The number of para-hydroxylation sites is 2. The Morgan fingerprint density at radius 2 is 0.919 bits per heavy atom. The van der Waals surface area contributed by atoms with Crippen LogP contribution in [0, 0.1) is 13.8 Å². The van der Waals surface area contributed by atoms with E-state index in [-0.39, 0.29) is 21.3 Å². The normalized spacial score (nSPS) is 11.9. The lowest BCUT2D eigenvalue weighted by atomic mass is 9.88. The molecule has 4 rings (SSSR count). The second-order valence-electron chi connectivity index (χ2n) is 8.74. The fraction of sp³-hybridized carbons (Fsp3) is 0.172. The Labute approximate surface area is 218 Å². The third-order valence-corrected chi connectivity index (χ3v) is 8.51. The molecular formula is C29H28O6S2. The summed E-state index contributed by atoms with van der Waals surface area (Å²) in [6.07, 6.45) is 0.538. The summed E-state index contributed by atoms with van der Waals surface area (Å²) in [6.45, 7) is 5.68. The van der Waals surface area contributed by atoms with Gasteiger partial charge in [-0.25, -0.2) is 0 Å². The molecule has 37 heavy (non-hydrogen) atoms. The maximum absolute atomic E-state index is 13.0. The van der Waals surface area contributed by atoms with E-state index in [9.17, 15) is 16.8 Å². The van der Waals surface area contributed by atoms with E-state index in [2.05, 4.69) is 0 Å². The molecule has 0 spiro atoms. The standard InChI is InChI=1S/C29H28O6S2/c1-4-25(26-9-5-7-11-28(26)34-36(30,31)23-17-13-21(2)14-18-23)27-10-6-8-12-29(27)35-37(32,33)24-19-15-22(3)16-20-24/h5-20,25H,4H2,1-3H3. The second-order valence-corrected chi connectivity index (χ2v) is 11.8. The molecule has 0 unspecified atom stereocenters. The van der Waals surface area contributed by atoms with Gasteiger partial charge in [0.15, 0.2) is 0 Å². The summed E-state index contributed by atoms with van der Waals surface area (Å²) in [6, 6.07) is 26.6. The van der Waals surface area contributed by atoms with Crippen molar-refractivity contribution < 1.29 is 25.2 Å². The molecule has 0 atom stereocenters. The van der Waals surface area contributed by atoms with Gasteiger partial charge in [-0.3, -0.25) is 0 Å². The molecule has 0 amide bonds. The van der Waals surface area contributed by atoms with Crippen LogP contribution in [0.2, 0.25) is 0 Å². The first-order chi connectivity index (χ1) is 17.6. The minimum absolute atomic E-state index is 0.0499. The summed E-state index contributed by atoms with van der Waals surface area (Å²) in [5.74, 6) is -0.0499. The molecule has 0 aliphatic heterocycles. The van der Waals surface area contributed by atoms with Gasteiger partial charge in [-0.2, -0.15) is 16.8 Å². The van der Waals surface area contributed by atoms with Crippen molar-refractivity contribution in [1.29, 1.82) is 0 Å². The van der Waals surface area contributed by atoms with Crippen molar-refractivity contribution in [2.24, 2.45) is 0 Å². The highest BCUT2D eigenvalue weighted by molar-refractivity contribution is 7.87. The Bertz CT molecular complexity index is 1470. The van der Waals surface area contributed by atoms with E-state index in [1.807, 2.05) is 20.8 Å². The molecule has 8 heteroatoms. The molecular weight excluding hydrogens is 508 g/mol. The molecule has 0 aliphatic rings. The second kappa shape index (κ2) is 10.8. The van der Waals surface area contributed by atoms with Gasteiger partial charge in [0.1, 0.15) is 21.3 Å². The van der Waals surface area contributed by atoms with Crippen LogP contribution in [-0.2, 0) is 20.2 Å². The molecule has 0 aromatic heterocycles. The van der Waals surface area contributed by atoms with Crippen LogP contribution in [0.1, 0.15) is 41.5 Å². The van der Waals surface area contributed by atoms with E-state index < -0.39 is 26.2 Å². The van der Waals surface area contributed by atoms with Crippen LogP contribution in [0.15, 0.2) is 107 Å². The highest BCUT2D eigenvalue weighted by atomic mass is 32.2. The first-order valence-electron chi connectivity index (χ1n) is 11.8. The van der Waals surface area contributed by atoms with Crippen molar-refractivity contribution in [2.75, 3.05) is 0 Å². The largest absolute Gasteiger partial charge is 0.379 e. The zero-order valence-electron chi connectivity index (χ0n) is 20.8. The molecule has 192 valence electrons. The number of hydrogen-bond donors (Lipinski definition) is 0. The predicted molar refractivity (Wildman–Crippen MR) is 143 cm³/mol. The fourth-order valence-corrected chi connectivity index (χ4v) is 5.95. The maximum atomic E-state index is 13.0. The summed E-state index contributed by atoms with van der Waals surface area (Å²) in [7, 11) is -8.16. The predicted octanol–water partition coefficient (Wildman–Crippen LogP) is 6.38. The van der Waals surface area contributed by atoms with E-state index in [1.54, 1.807) is 72.8 Å². The van der Waals surface area contributed by atoms with Crippen LogP contribution in [0.4, 0.5) is 0 Å². The number of hydrogen-bond acceptors (Lipinski definition) is 6. The van der Waals surface area contributed by atoms with Crippen molar-refractivity contribution >= 4 is 20.2 Å². The summed E-state index contributed by atoms with van der Waals surface area (Å²) in [5, 5.41) is 0. The van der Waals surface area contributed by atoms with Gasteiger partial charge in [-0.05, 0) is 56.7 Å². The van der Waals surface area contributed by atoms with Gasteiger partial charge in [0.25, 0.3) is 0 Å². The van der Waals surface area contributed by atoms with Gasteiger partial charge in [0, 0.05) is 17.0 Å². The highest BCUT2D eigenvalue weighted by Crippen LogP contribution is 2.40. The molecule has 6 nitrogen and oxygen atoms in total. The zero-order chi connectivity index (χ0) is 26.6. The monoisotopic (exact) mass is 536 g/mol. The molecule has 0 saturated heterocycles. The molecule has 0 N–H and O–H groups in total. The van der Waals surface area contributed by atoms with Crippen LogP contribution in [0.25, 0.3) is 0 Å². The Morgan fingerprint density at radius 3 is 1.27 bits per heavy atom. The van der Waals surface area contributed by atoms with E-state index in [0.29, 0.717) is 17.5 Å². The minimum Gasteiger partial charge on any atom is -0.379 e. The van der Waals surface area contributed by atoms with Gasteiger partial charge in [-0.15, -0.1) is 0 Å². The smallest absolute Gasteiger partial charge is 0.339 e. The van der Waals surface area contributed by atoms with Gasteiger partial charge in [0.2, 0.25) is 0 Å². The zero-order valence-corrected chi connectivity index (χ0v) is 22.4. The molecule has 4 aromatic rings. The van der Waals surface area contributed by atoms with E-state index >= 15 is 0 Å². The molecule has 0 radical (unpaired) electrons. The van der Waals surface area contributed by atoms with E-state index in [0.717, 1.165) is 11.1 Å².